The second-order valence-corrected chi connectivity index (χ2v) is 5.46. The van der Waals surface area contributed by atoms with Crippen molar-refractivity contribution in [3.63, 3.8) is 0 Å². The predicted octanol–water partition coefficient (Wildman–Crippen LogP) is 4.02. The van der Waals surface area contributed by atoms with Gasteiger partial charge >= 0.3 is 0 Å². The van der Waals surface area contributed by atoms with E-state index < -0.39 is 0 Å². The molecule has 90 valence electrons. The minimum absolute atomic E-state index is 0.239. The summed E-state index contributed by atoms with van der Waals surface area (Å²) in [5.41, 5.74) is 2.03. The summed E-state index contributed by atoms with van der Waals surface area (Å²) in [5.74, 6) is 0. The Labute approximate surface area is 107 Å². The Bertz CT molecular complexity index is 439. The second-order valence-electron chi connectivity index (χ2n) is 4.61. The fourth-order valence-electron chi connectivity index (χ4n) is 2.38. The molecule has 1 fully saturated rings. The Morgan fingerprint density at radius 2 is 2.24 bits per heavy atom. The Hall–Kier alpha value is -1.14. The molecule has 1 aromatic rings. The van der Waals surface area contributed by atoms with E-state index in [4.69, 9.17) is 0 Å². The van der Waals surface area contributed by atoms with Crippen molar-refractivity contribution in [2.45, 2.75) is 43.0 Å². The summed E-state index contributed by atoms with van der Waals surface area (Å²) in [6.45, 7) is 2.22. The maximum absolute atomic E-state index is 9.29. The molecule has 3 heteroatoms. The van der Waals surface area contributed by atoms with Gasteiger partial charge in [-0.2, -0.15) is 5.26 Å². The zero-order chi connectivity index (χ0) is 12.3. The summed E-state index contributed by atoms with van der Waals surface area (Å²) in [6.07, 6.45) is 6.88. The van der Waals surface area contributed by atoms with Crippen molar-refractivity contribution in [3.05, 3.63) is 23.8 Å². The molecule has 0 heterocycles. The predicted molar refractivity (Wildman–Crippen MR) is 73.4 cm³/mol. The number of anilines is 1. The molecule has 0 amide bonds. The lowest BCUT2D eigenvalue weighted by Crippen LogP contribution is -2.44. The van der Waals surface area contributed by atoms with Crippen molar-refractivity contribution < 1.29 is 0 Å². The number of hydrogen-bond donors (Lipinski definition) is 1. The highest BCUT2D eigenvalue weighted by Gasteiger charge is 2.35. The van der Waals surface area contributed by atoms with E-state index in [-0.39, 0.29) is 5.54 Å². The van der Waals surface area contributed by atoms with Gasteiger partial charge in [0.2, 0.25) is 0 Å². The van der Waals surface area contributed by atoms with Gasteiger partial charge in [0.15, 0.2) is 0 Å². The van der Waals surface area contributed by atoms with Crippen molar-refractivity contribution in [3.8, 4) is 6.07 Å². The van der Waals surface area contributed by atoms with Crippen LogP contribution in [0, 0.1) is 11.3 Å². The Balaban J connectivity index is 2.30. The van der Waals surface area contributed by atoms with Crippen LogP contribution >= 0.6 is 11.8 Å². The van der Waals surface area contributed by atoms with Crippen molar-refractivity contribution in [1.29, 1.82) is 5.26 Å². The molecule has 1 N–H and O–H groups in total. The molecule has 1 aromatic carbocycles. The van der Waals surface area contributed by atoms with Gasteiger partial charge in [-0.25, -0.2) is 0 Å². The summed E-state index contributed by atoms with van der Waals surface area (Å²) in [6, 6.07) is 8.38. The van der Waals surface area contributed by atoms with Crippen LogP contribution in [-0.4, -0.2) is 11.8 Å². The van der Waals surface area contributed by atoms with Crippen LogP contribution in [0.2, 0.25) is 0 Å². The summed E-state index contributed by atoms with van der Waals surface area (Å²) in [4.78, 5) is 1.06. The molecule has 17 heavy (non-hydrogen) atoms. The van der Waals surface area contributed by atoms with Gasteiger partial charge in [0.1, 0.15) is 6.07 Å². The van der Waals surface area contributed by atoms with E-state index in [2.05, 4.69) is 18.3 Å². The summed E-state index contributed by atoms with van der Waals surface area (Å²) in [5, 5.41) is 12.9. The van der Waals surface area contributed by atoms with Gasteiger partial charge in [0.25, 0.3) is 0 Å². The van der Waals surface area contributed by atoms with Crippen LogP contribution in [-0.2, 0) is 0 Å². The Kier molecular flexibility index (Phi) is 3.63. The maximum atomic E-state index is 9.29. The average Bonchev–Trinajstić information content (AvgIpc) is 2.33. The standard InChI is InChI=1S/C14H18N2S/c1-3-14(8-5-9-14)16-12-6-4-7-13(17-2)11(12)10-15/h4,6-7,16H,3,5,8-9H2,1-2H3. The number of nitrogens with one attached hydrogen (secondary N) is 1. The third-order valence-corrected chi connectivity index (χ3v) is 4.53. The maximum Gasteiger partial charge on any atom is 0.102 e. The molecule has 0 radical (unpaired) electrons. The Morgan fingerprint density at radius 3 is 2.71 bits per heavy atom. The molecular formula is C14H18N2S. The lowest BCUT2D eigenvalue weighted by atomic mass is 9.74. The van der Waals surface area contributed by atoms with Gasteiger partial charge in [0, 0.05) is 10.4 Å². The third kappa shape index (κ3) is 2.28. The highest BCUT2D eigenvalue weighted by Crippen LogP contribution is 2.39. The van der Waals surface area contributed by atoms with Gasteiger partial charge in [-0.1, -0.05) is 13.0 Å². The molecule has 0 aromatic heterocycles. The first-order valence-corrected chi connectivity index (χ1v) is 7.32. The molecule has 1 saturated carbocycles. The first kappa shape index (κ1) is 12.3. The number of rotatable bonds is 4. The molecule has 2 nitrogen and oxygen atoms in total. The van der Waals surface area contributed by atoms with Crippen LogP contribution in [0.1, 0.15) is 38.2 Å². The third-order valence-electron chi connectivity index (χ3n) is 3.75. The monoisotopic (exact) mass is 246 g/mol. The fourth-order valence-corrected chi connectivity index (χ4v) is 2.95. The number of benzene rings is 1. The van der Waals surface area contributed by atoms with Gasteiger partial charge in [-0.3, -0.25) is 0 Å². The van der Waals surface area contributed by atoms with Crippen molar-refractivity contribution in [2.24, 2.45) is 0 Å². The van der Waals surface area contributed by atoms with Crippen molar-refractivity contribution in [2.75, 3.05) is 11.6 Å². The number of hydrogen-bond acceptors (Lipinski definition) is 3. The zero-order valence-corrected chi connectivity index (χ0v) is 11.2. The van der Waals surface area contributed by atoms with Crippen LogP contribution < -0.4 is 5.32 Å². The lowest BCUT2D eigenvalue weighted by molar-refractivity contribution is 0.269. The van der Waals surface area contributed by atoms with E-state index in [9.17, 15) is 5.26 Å². The summed E-state index contributed by atoms with van der Waals surface area (Å²) >= 11 is 1.63. The summed E-state index contributed by atoms with van der Waals surface area (Å²) < 4.78 is 0. The van der Waals surface area contributed by atoms with E-state index in [1.165, 1.54) is 19.3 Å². The molecule has 2 rings (SSSR count). The summed E-state index contributed by atoms with van der Waals surface area (Å²) in [7, 11) is 0. The molecule has 1 aliphatic rings. The van der Waals surface area contributed by atoms with E-state index in [0.717, 1.165) is 22.6 Å². The van der Waals surface area contributed by atoms with Gasteiger partial charge in [-0.15, -0.1) is 11.8 Å². The second kappa shape index (κ2) is 5.01. The quantitative estimate of drug-likeness (QED) is 0.815. The van der Waals surface area contributed by atoms with Crippen LogP contribution in [0.3, 0.4) is 0 Å². The highest BCUT2D eigenvalue weighted by atomic mass is 32.2. The fraction of sp³-hybridized carbons (Fsp3) is 0.500. The topological polar surface area (TPSA) is 35.8 Å². The largest absolute Gasteiger partial charge is 0.379 e. The molecule has 0 atom stereocenters. The minimum Gasteiger partial charge on any atom is -0.379 e. The van der Waals surface area contributed by atoms with Crippen LogP contribution in [0.5, 0.6) is 0 Å². The zero-order valence-electron chi connectivity index (χ0n) is 10.4. The van der Waals surface area contributed by atoms with Crippen LogP contribution in [0.25, 0.3) is 0 Å². The van der Waals surface area contributed by atoms with Gasteiger partial charge in [0.05, 0.1) is 11.3 Å². The molecule has 0 saturated heterocycles. The van der Waals surface area contributed by atoms with E-state index in [1.807, 2.05) is 24.5 Å². The van der Waals surface area contributed by atoms with Crippen molar-refractivity contribution in [1.82, 2.24) is 0 Å². The molecule has 0 spiro atoms. The first-order valence-electron chi connectivity index (χ1n) is 6.10. The van der Waals surface area contributed by atoms with E-state index >= 15 is 0 Å². The normalized spacial score (nSPS) is 17.0. The van der Waals surface area contributed by atoms with Crippen molar-refractivity contribution >= 4 is 17.4 Å². The molecule has 0 unspecified atom stereocenters. The first-order chi connectivity index (χ1) is 8.24. The Morgan fingerprint density at radius 1 is 1.47 bits per heavy atom. The van der Waals surface area contributed by atoms with Gasteiger partial charge < -0.3 is 5.32 Å². The minimum atomic E-state index is 0.239. The molecular weight excluding hydrogens is 228 g/mol. The van der Waals surface area contributed by atoms with Crippen LogP contribution in [0.15, 0.2) is 23.1 Å². The number of nitrogens with zero attached hydrogens (tertiary/aromatic N) is 1. The average molecular weight is 246 g/mol. The number of thioether (sulfide) groups is 1. The lowest BCUT2D eigenvalue weighted by Gasteiger charge is -2.43. The molecule has 0 bridgehead atoms. The van der Waals surface area contributed by atoms with E-state index in [1.54, 1.807) is 11.8 Å². The van der Waals surface area contributed by atoms with Gasteiger partial charge in [-0.05, 0) is 44.1 Å². The van der Waals surface area contributed by atoms with E-state index in [0.29, 0.717) is 0 Å². The highest BCUT2D eigenvalue weighted by molar-refractivity contribution is 7.98. The molecule has 1 aliphatic carbocycles. The SMILES string of the molecule is CCC1(Nc2cccc(SC)c2C#N)CCC1. The number of nitriles is 1. The van der Waals surface area contributed by atoms with Crippen LogP contribution in [0.4, 0.5) is 5.69 Å². The molecule has 0 aliphatic heterocycles. The smallest absolute Gasteiger partial charge is 0.102 e.